The highest BCUT2D eigenvalue weighted by Gasteiger charge is 2.15. The topological polar surface area (TPSA) is 55.1 Å². The molecule has 1 atom stereocenters. The maximum Gasteiger partial charge on any atom is 0.241 e. The molecule has 0 heterocycles. The fourth-order valence-electron chi connectivity index (χ4n) is 1.71. The average molecular weight is 234 g/mol. The molecule has 0 unspecified atom stereocenters. The van der Waals surface area contributed by atoms with Crippen molar-refractivity contribution in [1.82, 2.24) is 0 Å². The molecule has 0 spiro atoms. The summed E-state index contributed by atoms with van der Waals surface area (Å²) in [7, 11) is 0. The quantitative estimate of drug-likeness (QED) is 0.841. The standard InChI is InChI=1S/C14H22N2O/c1-9(2)7-12(15)14(17)16-13-8-10(3)5-6-11(13)4/h5-6,8-9,12H,7,15H2,1-4H3,(H,16,17)/t12-/m0/s1. The maximum absolute atomic E-state index is 11.9. The molecular weight excluding hydrogens is 212 g/mol. The van der Waals surface area contributed by atoms with Crippen molar-refractivity contribution in [2.75, 3.05) is 5.32 Å². The van der Waals surface area contributed by atoms with Crippen LogP contribution in [0, 0.1) is 19.8 Å². The monoisotopic (exact) mass is 234 g/mol. The van der Waals surface area contributed by atoms with Crippen LogP contribution in [0.3, 0.4) is 0 Å². The van der Waals surface area contributed by atoms with Gasteiger partial charge in [0.1, 0.15) is 0 Å². The van der Waals surface area contributed by atoms with Gasteiger partial charge in [-0.05, 0) is 43.4 Å². The summed E-state index contributed by atoms with van der Waals surface area (Å²) in [5.74, 6) is 0.321. The second-order valence-corrected chi connectivity index (χ2v) is 5.04. The van der Waals surface area contributed by atoms with Gasteiger partial charge in [0.05, 0.1) is 6.04 Å². The van der Waals surface area contributed by atoms with Crippen LogP contribution >= 0.6 is 0 Å². The van der Waals surface area contributed by atoms with E-state index in [4.69, 9.17) is 5.73 Å². The molecule has 0 bridgehead atoms. The molecule has 0 aromatic heterocycles. The lowest BCUT2D eigenvalue weighted by Crippen LogP contribution is -2.36. The highest BCUT2D eigenvalue weighted by Crippen LogP contribution is 2.17. The number of rotatable bonds is 4. The van der Waals surface area contributed by atoms with E-state index in [9.17, 15) is 4.79 Å². The van der Waals surface area contributed by atoms with Crippen LogP contribution in [0.15, 0.2) is 18.2 Å². The molecule has 1 aromatic carbocycles. The van der Waals surface area contributed by atoms with Crippen molar-refractivity contribution in [2.45, 2.75) is 40.2 Å². The minimum Gasteiger partial charge on any atom is -0.324 e. The second-order valence-electron chi connectivity index (χ2n) is 5.04. The van der Waals surface area contributed by atoms with Gasteiger partial charge in [0, 0.05) is 5.69 Å². The van der Waals surface area contributed by atoms with Crippen molar-refractivity contribution in [3.05, 3.63) is 29.3 Å². The molecule has 0 aliphatic carbocycles. The fraction of sp³-hybridized carbons (Fsp3) is 0.500. The predicted molar refractivity (Wildman–Crippen MR) is 72.0 cm³/mol. The van der Waals surface area contributed by atoms with E-state index in [1.165, 1.54) is 0 Å². The van der Waals surface area contributed by atoms with Gasteiger partial charge in [-0.25, -0.2) is 0 Å². The van der Waals surface area contributed by atoms with E-state index in [0.717, 1.165) is 16.8 Å². The minimum atomic E-state index is -0.435. The van der Waals surface area contributed by atoms with Crippen molar-refractivity contribution in [3.8, 4) is 0 Å². The van der Waals surface area contributed by atoms with Crippen LogP contribution in [0.2, 0.25) is 0 Å². The van der Waals surface area contributed by atoms with E-state index in [1.54, 1.807) is 0 Å². The van der Waals surface area contributed by atoms with Crippen LogP contribution in [0.5, 0.6) is 0 Å². The van der Waals surface area contributed by atoms with Gasteiger partial charge >= 0.3 is 0 Å². The van der Waals surface area contributed by atoms with Crippen LogP contribution < -0.4 is 11.1 Å². The Labute approximate surface area is 103 Å². The summed E-state index contributed by atoms with van der Waals surface area (Å²) < 4.78 is 0. The van der Waals surface area contributed by atoms with Gasteiger partial charge in [0.2, 0.25) is 5.91 Å². The third-order valence-electron chi connectivity index (χ3n) is 2.71. The number of aryl methyl sites for hydroxylation is 2. The van der Waals surface area contributed by atoms with Crippen LogP contribution in [0.4, 0.5) is 5.69 Å². The zero-order valence-electron chi connectivity index (χ0n) is 11.1. The van der Waals surface area contributed by atoms with Gasteiger partial charge < -0.3 is 11.1 Å². The first-order valence-electron chi connectivity index (χ1n) is 6.04. The predicted octanol–water partition coefficient (Wildman–Crippen LogP) is 2.62. The smallest absolute Gasteiger partial charge is 0.241 e. The molecule has 0 saturated heterocycles. The Morgan fingerprint density at radius 2 is 2.00 bits per heavy atom. The molecule has 0 aliphatic heterocycles. The highest BCUT2D eigenvalue weighted by molar-refractivity contribution is 5.95. The SMILES string of the molecule is Cc1ccc(C)c(NC(=O)[C@@H](N)CC(C)C)c1. The molecular formula is C14H22N2O. The number of nitrogens with two attached hydrogens (primary N) is 1. The van der Waals surface area contributed by atoms with Crippen molar-refractivity contribution < 1.29 is 4.79 Å². The van der Waals surface area contributed by atoms with E-state index in [0.29, 0.717) is 12.3 Å². The van der Waals surface area contributed by atoms with Crippen molar-refractivity contribution >= 4 is 11.6 Å². The van der Waals surface area contributed by atoms with Crippen LogP contribution in [-0.4, -0.2) is 11.9 Å². The number of carbonyl (C=O) groups is 1. The van der Waals surface area contributed by atoms with E-state index < -0.39 is 6.04 Å². The number of hydrogen-bond acceptors (Lipinski definition) is 2. The molecule has 17 heavy (non-hydrogen) atoms. The Morgan fingerprint density at radius 3 is 2.59 bits per heavy atom. The molecule has 94 valence electrons. The Hall–Kier alpha value is -1.35. The van der Waals surface area contributed by atoms with Gasteiger partial charge in [-0.2, -0.15) is 0 Å². The Morgan fingerprint density at radius 1 is 1.35 bits per heavy atom. The van der Waals surface area contributed by atoms with Gasteiger partial charge in [0.25, 0.3) is 0 Å². The van der Waals surface area contributed by atoms with Gasteiger partial charge in [-0.15, -0.1) is 0 Å². The zero-order valence-corrected chi connectivity index (χ0v) is 11.1. The number of anilines is 1. The molecule has 0 fully saturated rings. The lowest BCUT2D eigenvalue weighted by Gasteiger charge is -2.15. The number of nitrogens with one attached hydrogen (secondary N) is 1. The van der Waals surface area contributed by atoms with Crippen molar-refractivity contribution in [1.29, 1.82) is 0 Å². The first-order chi connectivity index (χ1) is 7.90. The summed E-state index contributed by atoms with van der Waals surface area (Å²) in [4.78, 5) is 11.9. The summed E-state index contributed by atoms with van der Waals surface area (Å²) in [6.45, 7) is 8.10. The van der Waals surface area contributed by atoms with Gasteiger partial charge in [0.15, 0.2) is 0 Å². The van der Waals surface area contributed by atoms with E-state index >= 15 is 0 Å². The van der Waals surface area contributed by atoms with Gasteiger partial charge in [-0.1, -0.05) is 26.0 Å². The third kappa shape index (κ3) is 4.19. The second kappa shape index (κ2) is 5.82. The molecule has 3 heteroatoms. The molecule has 1 rings (SSSR count). The summed E-state index contributed by atoms with van der Waals surface area (Å²) in [6.07, 6.45) is 0.705. The lowest BCUT2D eigenvalue weighted by atomic mass is 10.0. The molecule has 0 radical (unpaired) electrons. The maximum atomic E-state index is 11.9. The van der Waals surface area contributed by atoms with E-state index in [2.05, 4.69) is 19.2 Å². The Bertz CT molecular complexity index is 399. The summed E-state index contributed by atoms with van der Waals surface area (Å²) >= 11 is 0. The molecule has 3 nitrogen and oxygen atoms in total. The number of benzene rings is 1. The zero-order chi connectivity index (χ0) is 13.0. The largest absolute Gasteiger partial charge is 0.324 e. The highest BCUT2D eigenvalue weighted by atomic mass is 16.2. The van der Waals surface area contributed by atoms with E-state index in [1.807, 2.05) is 32.0 Å². The van der Waals surface area contributed by atoms with Crippen LogP contribution in [0.1, 0.15) is 31.4 Å². The first-order valence-corrected chi connectivity index (χ1v) is 6.04. The van der Waals surface area contributed by atoms with Crippen molar-refractivity contribution in [3.63, 3.8) is 0 Å². The van der Waals surface area contributed by atoms with E-state index in [-0.39, 0.29) is 5.91 Å². The lowest BCUT2D eigenvalue weighted by molar-refractivity contribution is -0.117. The normalized spacial score (nSPS) is 12.6. The molecule has 0 saturated carbocycles. The number of carbonyl (C=O) groups excluding carboxylic acids is 1. The van der Waals surface area contributed by atoms with Crippen LogP contribution in [0.25, 0.3) is 0 Å². The minimum absolute atomic E-state index is 0.104. The Balaban J connectivity index is 2.70. The average Bonchev–Trinajstić information content (AvgIpc) is 2.22. The first kappa shape index (κ1) is 13.7. The number of hydrogen-bond donors (Lipinski definition) is 2. The van der Waals surface area contributed by atoms with Gasteiger partial charge in [-0.3, -0.25) is 4.79 Å². The van der Waals surface area contributed by atoms with Crippen LogP contribution in [-0.2, 0) is 4.79 Å². The number of amides is 1. The van der Waals surface area contributed by atoms with Crippen molar-refractivity contribution in [2.24, 2.45) is 11.7 Å². The molecule has 3 N–H and O–H groups in total. The Kier molecular flexibility index (Phi) is 4.70. The molecule has 1 aromatic rings. The summed E-state index contributed by atoms with van der Waals surface area (Å²) in [6, 6.07) is 5.56. The molecule has 1 amide bonds. The fourth-order valence-corrected chi connectivity index (χ4v) is 1.71. The molecule has 0 aliphatic rings. The third-order valence-corrected chi connectivity index (χ3v) is 2.71. The summed E-state index contributed by atoms with van der Waals surface area (Å²) in [5, 5.41) is 2.89. The summed E-state index contributed by atoms with van der Waals surface area (Å²) in [5.41, 5.74) is 8.88.